The molecule has 0 aliphatic heterocycles. The Bertz CT molecular complexity index is 394. The van der Waals surface area contributed by atoms with E-state index in [1.165, 1.54) is 13.3 Å². The number of carbonyl (C=O) groups excluding carboxylic acids is 1. The van der Waals surface area contributed by atoms with Gasteiger partial charge in [-0.15, -0.1) is 0 Å². The smallest absolute Gasteiger partial charge is 0.160 e. The van der Waals surface area contributed by atoms with E-state index in [1.54, 1.807) is 18.2 Å². The van der Waals surface area contributed by atoms with Crippen LogP contribution in [0.2, 0.25) is 0 Å². The van der Waals surface area contributed by atoms with E-state index in [2.05, 4.69) is 0 Å². The summed E-state index contributed by atoms with van der Waals surface area (Å²) in [6.07, 6.45) is 4.38. The summed E-state index contributed by atoms with van der Waals surface area (Å²) in [5, 5.41) is 0. The Hall–Kier alpha value is -1.18. The van der Waals surface area contributed by atoms with E-state index in [0.29, 0.717) is 11.1 Å². The maximum absolute atomic E-state index is 14.5. The zero-order chi connectivity index (χ0) is 12.3. The fraction of sp³-hybridized carbons (Fsp3) is 0.533. The van der Waals surface area contributed by atoms with Crippen LogP contribution in [0.25, 0.3) is 0 Å². The lowest BCUT2D eigenvalue weighted by molar-refractivity contribution is 0.101. The third kappa shape index (κ3) is 2.74. The van der Waals surface area contributed by atoms with Crippen molar-refractivity contribution in [3.63, 3.8) is 0 Å². The van der Waals surface area contributed by atoms with Crippen molar-refractivity contribution in [2.24, 2.45) is 5.92 Å². The summed E-state index contributed by atoms with van der Waals surface area (Å²) in [6.45, 7) is 1.51. The Labute approximate surface area is 102 Å². The standard InChI is InChI=1S/C15H19FO/c1-11(17)13-9-5-6-10-14(13)15(16)12-7-3-2-4-8-12/h5-6,9-10,12,15H,2-4,7-8H2,1H3. The highest BCUT2D eigenvalue weighted by Gasteiger charge is 2.26. The van der Waals surface area contributed by atoms with Gasteiger partial charge in [0, 0.05) is 5.56 Å². The van der Waals surface area contributed by atoms with Crippen molar-refractivity contribution in [2.45, 2.75) is 45.2 Å². The number of hydrogen-bond donors (Lipinski definition) is 0. The molecule has 1 aliphatic carbocycles. The Morgan fingerprint density at radius 1 is 1.24 bits per heavy atom. The molecule has 0 aromatic heterocycles. The molecule has 0 saturated heterocycles. The Morgan fingerprint density at radius 2 is 1.88 bits per heavy atom. The van der Waals surface area contributed by atoms with Crippen LogP contribution in [0.4, 0.5) is 4.39 Å². The van der Waals surface area contributed by atoms with Crippen LogP contribution in [0.1, 0.15) is 61.1 Å². The number of Topliss-reactive ketones (excluding diaryl/α,β-unsaturated/α-hetero) is 1. The van der Waals surface area contributed by atoms with Crippen LogP contribution in [0.5, 0.6) is 0 Å². The molecule has 2 rings (SSSR count). The quantitative estimate of drug-likeness (QED) is 0.705. The molecule has 0 amide bonds. The van der Waals surface area contributed by atoms with Crippen molar-refractivity contribution in [3.05, 3.63) is 35.4 Å². The summed E-state index contributed by atoms with van der Waals surface area (Å²) >= 11 is 0. The average Bonchev–Trinajstić information content (AvgIpc) is 2.39. The molecule has 1 nitrogen and oxygen atoms in total. The Morgan fingerprint density at radius 3 is 2.53 bits per heavy atom. The van der Waals surface area contributed by atoms with Crippen molar-refractivity contribution in [3.8, 4) is 0 Å². The molecule has 2 heteroatoms. The van der Waals surface area contributed by atoms with Gasteiger partial charge < -0.3 is 0 Å². The number of benzene rings is 1. The van der Waals surface area contributed by atoms with Gasteiger partial charge in [-0.05, 0) is 31.2 Å². The molecule has 1 saturated carbocycles. The summed E-state index contributed by atoms with van der Waals surface area (Å²) in [7, 11) is 0. The van der Waals surface area contributed by atoms with Crippen molar-refractivity contribution < 1.29 is 9.18 Å². The van der Waals surface area contributed by atoms with Crippen LogP contribution in [0, 0.1) is 5.92 Å². The third-order valence-corrected chi connectivity index (χ3v) is 3.70. The topological polar surface area (TPSA) is 17.1 Å². The number of carbonyl (C=O) groups is 1. The molecule has 1 aliphatic rings. The van der Waals surface area contributed by atoms with Crippen LogP contribution in [0.15, 0.2) is 24.3 Å². The van der Waals surface area contributed by atoms with Crippen LogP contribution < -0.4 is 0 Å². The summed E-state index contributed by atoms with van der Waals surface area (Å²) in [5.41, 5.74) is 1.14. The first-order valence-corrected chi connectivity index (χ1v) is 6.44. The van der Waals surface area contributed by atoms with E-state index >= 15 is 0 Å². The second-order valence-electron chi connectivity index (χ2n) is 4.94. The van der Waals surface area contributed by atoms with E-state index in [1.807, 2.05) is 6.07 Å². The maximum atomic E-state index is 14.5. The largest absolute Gasteiger partial charge is 0.294 e. The van der Waals surface area contributed by atoms with E-state index in [4.69, 9.17) is 0 Å². The molecule has 1 fully saturated rings. The fourth-order valence-electron chi connectivity index (χ4n) is 2.74. The van der Waals surface area contributed by atoms with Crippen molar-refractivity contribution in [2.75, 3.05) is 0 Å². The minimum Gasteiger partial charge on any atom is -0.294 e. The maximum Gasteiger partial charge on any atom is 0.160 e. The van der Waals surface area contributed by atoms with Crippen LogP contribution in [0.3, 0.4) is 0 Å². The molecule has 1 aromatic carbocycles. The molecule has 1 atom stereocenters. The Kier molecular flexibility index (Phi) is 3.93. The predicted octanol–water partition coefficient (Wildman–Crippen LogP) is 4.48. The van der Waals surface area contributed by atoms with E-state index in [0.717, 1.165) is 25.7 Å². The van der Waals surface area contributed by atoms with Crippen molar-refractivity contribution in [1.29, 1.82) is 0 Å². The zero-order valence-corrected chi connectivity index (χ0v) is 10.3. The molecule has 17 heavy (non-hydrogen) atoms. The molecule has 1 aromatic rings. The van der Waals surface area contributed by atoms with Gasteiger partial charge in [-0.1, -0.05) is 43.5 Å². The minimum absolute atomic E-state index is 0.0425. The van der Waals surface area contributed by atoms with Gasteiger partial charge in [0.15, 0.2) is 5.78 Å². The first kappa shape index (κ1) is 12.3. The van der Waals surface area contributed by atoms with Gasteiger partial charge in [-0.25, -0.2) is 4.39 Å². The lowest BCUT2D eigenvalue weighted by atomic mass is 9.82. The molecule has 92 valence electrons. The van der Waals surface area contributed by atoms with Crippen LogP contribution in [-0.2, 0) is 0 Å². The first-order chi connectivity index (χ1) is 8.20. The van der Waals surface area contributed by atoms with Crippen LogP contribution in [-0.4, -0.2) is 5.78 Å². The molecule has 0 radical (unpaired) electrons. The summed E-state index contributed by atoms with van der Waals surface area (Å²) in [5.74, 6) is 0.0586. The average molecular weight is 234 g/mol. The number of ketones is 1. The summed E-state index contributed by atoms with van der Waals surface area (Å²) in [6, 6.07) is 7.11. The molecule has 0 N–H and O–H groups in total. The van der Waals surface area contributed by atoms with Crippen molar-refractivity contribution >= 4 is 5.78 Å². The number of alkyl halides is 1. The van der Waals surface area contributed by atoms with E-state index in [9.17, 15) is 9.18 Å². The van der Waals surface area contributed by atoms with Gasteiger partial charge >= 0.3 is 0 Å². The number of hydrogen-bond acceptors (Lipinski definition) is 1. The number of halogens is 1. The SMILES string of the molecule is CC(=O)c1ccccc1C(F)C1CCCCC1. The van der Waals surface area contributed by atoms with Gasteiger partial charge in [0.05, 0.1) is 0 Å². The molecular formula is C15H19FO. The van der Waals surface area contributed by atoms with Gasteiger partial charge in [-0.3, -0.25) is 4.79 Å². The number of rotatable bonds is 3. The van der Waals surface area contributed by atoms with E-state index in [-0.39, 0.29) is 11.7 Å². The summed E-state index contributed by atoms with van der Waals surface area (Å²) in [4.78, 5) is 11.5. The molecule has 0 bridgehead atoms. The lowest BCUT2D eigenvalue weighted by Crippen LogP contribution is -2.15. The highest BCUT2D eigenvalue weighted by atomic mass is 19.1. The minimum atomic E-state index is -0.976. The second kappa shape index (κ2) is 5.44. The second-order valence-corrected chi connectivity index (χ2v) is 4.94. The highest BCUT2D eigenvalue weighted by molar-refractivity contribution is 5.95. The molecule has 0 spiro atoms. The van der Waals surface area contributed by atoms with Gasteiger partial charge in [-0.2, -0.15) is 0 Å². The van der Waals surface area contributed by atoms with Crippen LogP contribution >= 0.6 is 0 Å². The molecular weight excluding hydrogens is 215 g/mol. The third-order valence-electron chi connectivity index (χ3n) is 3.70. The summed E-state index contributed by atoms with van der Waals surface area (Å²) < 4.78 is 14.5. The van der Waals surface area contributed by atoms with Gasteiger partial charge in [0.2, 0.25) is 0 Å². The molecule has 0 heterocycles. The van der Waals surface area contributed by atoms with Crippen molar-refractivity contribution in [1.82, 2.24) is 0 Å². The normalized spacial score (nSPS) is 18.9. The zero-order valence-electron chi connectivity index (χ0n) is 10.3. The van der Waals surface area contributed by atoms with Gasteiger partial charge in [0.1, 0.15) is 6.17 Å². The van der Waals surface area contributed by atoms with Gasteiger partial charge in [0.25, 0.3) is 0 Å². The van der Waals surface area contributed by atoms with E-state index < -0.39 is 6.17 Å². The fourth-order valence-corrected chi connectivity index (χ4v) is 2.74. The molecule has 1 unspecified atom stereocenters. The highest BCUT2D eigenvalue weighted by Crippen LogP contribution is 2.38. The predicted molar refractivity (Wildman–Crippen MR) is 66.9 cm³/mol. The Balaban J connectivity index is 2.23. The lowest BCUT2D eigenvalue weighted by Gasteiger charge is -2.26. The monoisotopic (exact) mass is 234 g/mol. The first-order valence-electron chi connectivity index (χ1n) is 6.44.